The molecular formula is C32H31N3O7. The number of likely N-dealkylation sites (tertiary alicyclic amines) is 1. The third kappa shape index (κ3) is 5.52. The molecule has 3 heterocycles. The molecule has 2 atom stereocenters. The van der Waals surface area contributed by atoms with E-state index >= 15 is 0 Å². The predicted octanol–water partition coefficient (Wildman–Crippen LogP) is 5.65. The summed E-state index contributed by atoms with van der Waals surface area (Å²) in [5, 5.41) is 18.7. The number of fused-ring (bicyclic) bond motifs is 1. The Hall–Kier alpha value is -4.86. The van der Waals surface area contributed by atoms with Gasteiger partial charge < -0.3 is 28.8 Å². The lowest BCUT2D eigenvalue weighted by atomic mass is 9.95. The monoisotopic (exact) mass is 569 g/mol. The highest BCUT2D eigenvalue weighted by atomic mass is 16.5. The maximum atomic E-state index is 13.7. The molecule has 0 radical (unpaired) electrons. The summed E-state index contributed by atoms with van der Waals surface area (Å²) >= 11 is 0. The lowest BCUT2D eigenvalue weighted by molar-refractivity contribution is -0.141. The third-order valence-electron chi connectivity index (χ3n) is 8.07. The van der Waals surface area contributed by atoms with Gasteiger partial charge in [-0.05, 0) is 60.9 Å². The van der Waals surface area contributed by atoms with Crippen LogP contribution in [0.15, 0.2) is 71.6 Å². The zero-order chi connectivity index (χ0) is 29.2. The Kier molecular flexibility index (Phi) is 7.52. The highest BCUT2D eigenvalue weighted by Crippen LogP contribution is 2.36. The first kappa shape index (κ1) is 27.3. The molecule has 42 heavy (non-hydrogen) atoms. The van der Waals surface area contributed by atoms with Gasteiger partial charge in [-0.3, -0.25) is 4.79 Å². The van der Waals surface area contributed by atoms with Crippen molar-refractivity contribution in [3.05, 3.63) is 78.3 Å². The van der Waals surface area contributed by atoms with E-state index in [-0.39, 0.29) is 18.9 Å². The van der Waals surface area contributed by atoms with Gasteiger partial charge in [0.1, 0.15) is 30.0 Å². The third-order valence-corrected chi connectivity index (χ3v) is 8.07. The lowest BCUT2D eigenvalue weighted by Crippen LogP contribution is -2.40. The molecule has 0 spiro atoms. The first-order valence-corrected chi connectivity index (χ1v) is 14.1. The van der Waals surface area contributed by atoms with E-state index in [9.17, 15) is 19.5 Å². The summed E-state index contributed by atoms with van der Waals surface area (Å²) in [5.41, 5.74) is 3.55. The zero-order valence-electron chi connectivity index (χ0n) is 22.9. The van der Waals surface area contributed by atoms with Crippen molar-refractivity contribution in [3.8, 4) is 17.1 Å². The molecule has 0 unspecified atom stereocenters. The van der Waals surface area contributed by atoms with Gasteiger partial charge in [-0.15, -0.1) is 0 Å². The Bertz CT molecular complexity index is 1630. The molecule has 10 heteroatoms. The largest absolute Gasteiger partial charge is 0.488 e. The number of rotatable bonds is 8. The van der Waals surface area contributed by atoms with E-state index in [0.717, 1.165) is 48.7 Å². The van der Waals surface area contributed by atoms with Crippen LogP contribution in [0.4, 0.5) is 0 Å². The molecule has 2 N–H and O–H groups in total. The Morgan fingerprint density at radius 2 is 1.79 bits per heavy atom. The molecular weight excluding hydrogens is 538 g/mol. The Morgan fingerprint density at radius 3 is 2.48 bits per heavy atom. The molecule has 2 fully saturated rings. The fourth-order valence-electron chi connectivity index (χ4n) is 6.06. The van der Waals surface area contributed by atoms with E-state index < -0.39 is 24.1 Å². The van der Waals surface area contributed by atoms with Crippen molar-refractivity contribution in [1.29, 1.82) is 0 Å². The van der Waals surface area contributed by atoms with Crippen molar-refractivity contribution in [3.63, 3.8) is 0 Å². The molecule has 1 aliphatic carbocycles. The first-order chi connectivity index (χ1) is 20.4. The van der Waals surface area contributed by atoms with Crippen LogP contribution < -0.4 is 4.74 Å². The first-order valence-electron chi connectivity index (χ1n) is 14.1. The summed E-state index contributed by atoms with van der Waals surface area (Å²) < 4.78 is 13.6. The maximum absolute atomic E-state index is 13.7. The van der Waals surface area contributed by atoms with Crippen molar-refractivity contribution in [1.82, 2.24) is 14.5 Å². The van der Waals surface area contributed by atoms with E-state index in [1.165, 1.54) is 17.4 Å². The number of carboxylic acid groups (broad SMARTS) is 2. The summed E-state index contributed by atoms with van der Waals surface area (Å²) in [6, 6.07) is 13.4. The Labute approximate surface area is 241 Å². The summed E-state index contributed by atoms with van der Waals surface area (Å²) in [6.45, 7) is 0.116. The van der Waals surface area contributed by atoms with Gasteiger partial charge in [0.15, 0.2) is 0 Å². The summed E-state index contributed by atoms with van der Waals surface area (Å²) in [4.78, 5) is 42.9. The SMILES string of the molecule is O=C(O)/C=C/c1ccc(O[C@@H]2C[C@@H](C(=O)O)N(C(=O)c3ccc4c(c3)nc(-c3ccoc3)n4C3CCCCC3)C2)cc1. The molecule has 1 amide bonds. The van der Waals surface area contributed by atoms with Crippen molar-refractivity contribution in [2.75, 3.05) is 6.54 Å². The van der Waals surface area contributed by atoms with Crippen molar-refractivity contribution in [2.24, 2.45) is 0 Å². The van der Waals surface area contributed by atoms with Gasteiger partial charge in [0.2, 0.25) is 0 Å². The van der Waals surface area contributed by atoms with Gasteiger partial charge in [0.25, 0.3) is 5.91 Å². The number of nitrogens with zero attached hydrogens (tertiary/aromatic N) is 3. The van der Waals surface area contributed by atoms with Crippen LogP contribution in [-0.2, 0) is 9.59 Å². The number of hydrogen-bond acceptors (Lipinski definition) is 6. The number of carbonyl (C=O) groups is 3. The van der Waals surface area contributed by atoms with Crippen LogP contribution >= 0.6 is 0 Å². The number of amides is 1. The van der Waals surface area contributed by atoms with Crippen LogP contribution in [-0.4, -0.2) is 61.2 Å². The molecule has 10 nitrogen and oxygen atoms in total. The fourth-order valence-corrected chi connectivity index (χ4v) is 6.06. The highest BCUT2D eigenvalue weighted by Gasteiger charge is 2.41. The number of hydrogen-bond donors (Lipinski definition) is 2. The molecule has 1 saturated heterocycles. The minimum absolute atomic E-state index is 0.116. The van der Waals surface area contributed by atoms with Crippen LogP contribution in [0, 0.1) is 0 Å². The molecule has 6 rings (SSSR count). The second-order valence-electron chi connectivity index (χ2n) is 10.8. The topological polar surface area (TPSA) is 135 Å². The van der Waals surface area contributed by atoms with E-state index in [4.69, 9.17) is 19.2 Å². The molecule has 0 bridgehead atoms. The molecule has 4 aromatic rings. The molecule has 2 aromatic carbocycles. The number of furan rings is 1. The van der Waals surface area contributed by atoms with Gasteiger partial charge in [0.05, 0.1) is 29.4 Å². The van der Waals surface area contributed by atoms with E-state index in [2.05, 4.69) is 4.57 Å². The van der Waals surface area contributed by atoms with Gasteiger partial charge >= 0.3 is 11.9 Å². The van der Waals surface area contributed by atoms with E-state index in [1.807, 2.05) is 12.1 Å². The Balaban J connectivity index is 1.24. The lowest BCUT2D eigenvalue weighted by Gasteiger charge is -2.25. The van der Waals surface area contributed by atoms with Gasteiger partial charge in [-0.2, -0.15) is 0 Å². The fraction of sp³-hybridized carbons (Fsp3) is 0.312. The number of aliphatic carboxylic acids is 2. The van der Waals surface area contributed by atoms with Crippen LogP contribution in [0.5, 0.6) is 5.75 Å². The summed E-state index contributed by atoms with van der Waals surface area (Å²) in [5.74, 6) is -1.21. The summed E-state index contributed by atoms with van der Waals surface area (Å²) in [7, 11) is 0. The number of carbonyl (C=O) groups excluding carboxylic acids is 1. The Morgan fingerprint density at radius 1 is 1.00 bits per heavy atom. The van der Waals surface area contributed by atoms with Crippen molar-refractivity contribution in [2.45, 2.75) is 56.7 Å². The number of imidazole rings is 1. The smallest absolute Gasteiger partial charge is 0.328 e. The standard InChI is InChI=1S/C32H31N3O7/c36-29(37)13-8-20-6-10-24(11-7-20)42-25-17-28(32(39)40)34(18-25)31(38)21-9-12-27-26(16-21)33-30(22-14-15-41-19-22)35(27)23-4-2-1-3-5-23/h6-16,19,23,25,28H,1-5,17-18H2,(H,36,37)(H,39,40)/b13-8+/t25-,28+/m1/s1. The van der Waals surface area contributed by atoms with Gasteiger partial charge in [0, 0.05) is 24.1 Å². The van der Waals surface area contributed by atoms with Crippen LogP contribution in [0.1, 0.15) is 60.5 Å². The molecule has 2 aromatic heterocycles. The van der Waals surface area contributed by atoms with E-state index in [0.29, 0.717) is 28.4 Å². The molecule has 216 valence electrons. The second kappa shape index (κ2) is 11.6. The van der Waals surface area contributed by atoms with Crippen molar-refractivity contribution >= 4 is 35.0 Å². The average Bonchev–Trinajstić information content (AvgIpc) is 3.75. The summed E-state index contributed by atoms with van der Waals surface area (Å²) in [6.07, 6.45) is 11.1. The molecule has 1 aliphatic heterocycles. The number of carboxylic acids is 2. The van der Waals surface area contributed by atoms with Crippen LogP contribution in [0.2, 0.25) is 0 Å². The van der Waals surface area contributed by atoms with Crippen LogP contribution in [0.3, 0.4) is 0 Å². The predicted molar refractivity (Wildman–Crippen MR) is 154 cm³/mol. The zero-order valence-corrected chi connectivity index (χ0v) is 22.9. The van der Waals surface area contributed by atoms with Crippen LogP contribution in [0.25, 0.3) is 28.5 Å². The minimum atomic E-state index is -1.09. The minimum Gasteiger partial charge on any atom is -0.488 e. The van der Waals surface area contributed by atoms with E-state index in [1.54, 1.807) is 48.9 Å². The van der Waals surface area contributed by atoms with Gasteiger partial charge in [-0.25, -0.2) is 14.6 Å². The normalized spacial score (nSPS) is 19.5. The second-order valence-corrected chi connectivity index (χ2v) is 10.8. The quantitative estimate of drug-likeness (QED) is 0.260. The number of ether oxygens (including phenoxy) is 1. The average molecular weight is 570 g/mol. The van der Waals surface area contributed by atoms with Crippen molar-refractivity contribution < 1.29 is 33.8 Å². The number of aromatic nitrogens is 2. The van der Waals surface area contributed by atoms with Gasteiger partial charge in [-0.1, -0.05) is 31.4 Å². The molecule has 2 aliphatic rings. The maximum Gasteiger partial charge on any atom is 0.328 e. The molecule has 1 saturated carbocycles. The number of benzene rings is 2. The highest BCUT2D eigenvalue weighted by molar-refractivity contribution is 6.00.